The first-order valence-corrected chi connectivity index (χ1v) is 4.83. The van der Waals surface area contributed by atoms with Crippen molar-refractivity contribution in [2.75, 3.05) is 6.61 Å². The van der Waals surface area contributed by atoms with Gasteiger partial charge in [0.05, 0.1) is 13.0 Å². The van der Waals surface area contributed by atoms with Crippen LogP contribution in [-0.4, -0.2) is 12.5 Å². The molecule has 0 fully saturated rings. The Bertz CT molecular complexity index is 350. The second-order valence-electron chi connectivity index (χ2n) is 3.36. The maximum absolute atomic E-state index is 10.8. The topological polar surface area (TPSA) is 64.3 Å². The van der Waals surface area contributed by atoms with Crippen LogP contribution in [0, 0.1) is 13.8 Å². The summed E-state index contributed by atoms with van der Waals surface area (Å²) in [6, 6.07) is 5.85. The average molecular weight is 208 g/mol. The molecule has 4 heteroatoms. The maximum atomic E-state index is 10.8. The zero-order chi connectivity index (χ0) is 11.3. The molecule has 0 atom stereocenters. The molecule has 0 saturated carbocycles. The first-order valence-electron chi connectivity index (χ1n) is 4.83. The molecular weight excluding hydrogens is 192 g/mol. The second kappa shape index (κ2) is 5.36. The van der Waals surface area contributed by atoms with Crippen LogP contribution in [0.3, 0.4) is 0 Å². The van der Waals surface area contributed by atoms with E-state index in [0.29, 0.717) is 6.61 Å². The van der Waals surface area contributed by atoms with Crippen LogP contribution >= 0.6 is 0 Å². The van der Waals surface area contributed by atoms with Crippen molar-refractivity contribution in [2.24, 2.45) is 5.84 Å². The van der Waals surface area contributed by atoms with Crippen molar-refractivity contribution in [3.05, 3.63) is 29.3 Å². The van der Waals surface area contributed by atoms with E-state index in [2.05, 4.69) is 5.43 Å². The number of nitrogens with two attached hydrogens (primary N) is 1. The van der Waals surface area contributed by atoms with Gasteiger partial charge in [0.15, 0.2) is 0 Å². The molecule has 1 amide bonds. The lowest BCUT2D eigenvalue weighted by atomic mass is 10.1. The number of carbonyl (C=O) groups excluding carboxylic acids is 1. The summed E-state index contributed by atoms with van der Waals surface area (Å²) in [5.74, 6) is 5.55. The minimum Gasteiger partial charge on any atom is -0.493 e. The minimum atomic E-state index is -0.222. The third-order valence-electron chi connectivity index (χ3n) is 2.30. The van der Waals surface area contributed by atoms with Gasteiger partial charge in [0.25, 0.3) is 0 Å². The van der Waals surface area contributed by atoms with Gasteiger partial charge in [-0.1, -0.05) is 12.1 Å². The second-order valence-corrected chi connectivity index (χ2v) is 3.36. The van der Waals surface area contributed by atoms with Gasteiger partial charge in [-0.3, -0.25) is 10.2 Å². The Morgan fingerprint density at radius 2 is 2.20 bits per heavy atom. The van der Waals surface area contributed by atoms with Crippen LogP contribution in [0.5, 0.6) is 5.75 Å². The highest BCUT2D eigenvalue weighted by Gasteiger charge is 2.03. The van der Waals surface area contributed by atoms with Crippen LogP contribution in [0.25, 0.3) is 0 Å². The molecule has 0 heterocycles. The maximum Gasteiger partial charge on any atom is 0.237 e. The van der Waals surface area contributed by atoms with Gasteiger partial charge in [-0.15, -0.1) is 0 Å². The molecule has 0 aromatic heterocycles. The molecule has 1 aromatic rings. The molecule has 1 aromatic carbocycles. The number of hydrazine groups is 1. The van der Waals surface area contributed by atoms with E-state index in [4.69, 9.17) is 10.6 Å². The highest BCUT2D eigenvalue weighted by Crippen LogP contribution is 2.20. The van der Waals surface area contributed by atoms with E-state index in [1.807, 2.05) is 32.0 Å². The predicted octanol–water partition coefficient (Wildman–Crippen LogP) is 1.06. The van der Waals surface area contributed by atoms with E-state index < -0.39 is 0 Å². The van der Waals surface area contributed by atoms with Gasteiger partial charge in [0.1, 0.15) is 5.75 Å². The van der Waals surface area contributed by atoms with Crippen LogP contribution in [0.15, 0.2) is 18.2 Å². The number of nitrogens with one attached hydrogen (secondary N) is 1. The van der Waals surface area contributed by atoms with E-state index in [0.717, 1.165) is 11.3 Å². The molecule has 0 spiro atoms. The van der Waals surface area contributed by atoms with Crippen molar-refractivity contribution in [1.82, 2.24) is 5.43 Å². The first kappa shape index (κ1) is 11.5. The van der Waals surface area contributed by atoms with Crippen LogP contribution < -0.4 is 16.0 Å². The number of ether oxygens (including phenoxy) is 1. The molecule has 0 aliphatic rings. The number of amides is 1. The van der Waals surface area contributed by atoms with Crippen LogP contribution in [0.2, 0.25) is 0 Å². The summed E-state index contributed by atoms with van der Waals surface area (Å²) in [6.07, 6.45) is 0.268. The molecule has 4 nitrogen and oxygen atoms in total. The van der Waals surface area contributed by atoms with E-state index in [1.54, 1.807) is 0 Å². The van der Waals surface area contributed by atoms with Crippen molar-refractivity contribution in [2.45, 2.75) is 20.3 Å². The van der Waals surface area contributed by atoms with Gasteiger partial charge in [-0.25, -0.2) is 5.84 Å². The lowest BCUT2D eigenvalue weighted by Crippen LogP contribution is -2.31. The van der Waals surface area contributed by atoms with E-state index in [9.17, 15) is 4.79 Å². The molecule has 0 bridgehead atoms. The average Bonchev–Trinajstić information content (AvgIpc) is 2.24. The Morgan fingerprint density at radius 1 is 1.47 bits per heavy atom. The summed E-state index contributed by atoms with van der Waals surface area (Å²) < 4.78 is 5.47. The molecule has 0 aliphatic heterocycles. The van der Waals surface area contributed by atoms with Crippen molar-refractivity contribution >= 4 is 5.91 Å². The van der Waals surface area contributed by atoms with E-state index in [-0.39, 0.29) is 12.3 Å². The summed E-state index contributed by atoms with van der Waals surface area (Å²) in [6.45, 7) is 4.36. The standard InChI is InChI=1S/C11H16N2O2/c1-8-4-3-5-10(9(8)2)15-7-6-11(14)13-12/h3-5H,6-7,12H2,1-2H3,(H,13,14). The molecule has 0 saturated heterocycles. The molecule has 0 aliphatic carbocycles. The number of carbonyl (C=O) groups is 1. The normalized spacial score (nSPS) is 9.80. The third-order valence-corrected chi connectivity index (χ3v) is 2.30. The molecule has 1 rings (SSSR count). The Morgan fingerprint density at radius 3 is 2.87 bits per heavy atom. The quantitative estimate of drug-likeness (QED) is 0.442. The molecule has 0 radical (unpaired) electrons. The van der Waals surface area contributed by atoms with Gasteiger partial charge in [-0.2, -0.15) is 0 Å². The number of benzene rings is 1. The Labute approximate surface area is 89.4 Å². The monoisotopic (exact) mass is 208 g/mol. The van der Waals surface area contributed by atoms with Gasteiger partial charge < -0.3 is 4.74 Å². The summed E-state index contributed by atoms with van der Waals surface area (Å²) in [4.78, 5) is 10.8. The smallest absolute Gasteiger partial charge is 0.237 e. The fourth-order valence-electron chi connectivity index (χ4n) is 1.21. The predicted molar refractivity (Wildman–Crippen MR) is 58.4 cm³/mol. The third kappa shape index (κ3) is 3.25. The van der Waals surface area contributed by atoms with Crippen molar-refractivity contribution in [3.63, 3.8) is 0 Å². The summed E-state index contributed by atoms with van der Waals surface area (Å²) in [5.41, 5.74) is 4.34. The molecule has 0 unspecified atom stereocenters. The van der Waals surface area contributed by atoms with Gasteiger partial charge in [0, 0.05) is 0 Å². The lowest BCUT2D eigenvalue weighted by molar-refractivity contribution is -0.121. The van der Waals surface area contributed by atoms with Crippen molar-refractivity contribution in [3.8, 4) is 5.75 Å². The van der Waals surface area contributed by atoms with Crippen LogP contribution in [0.4, 0.5) is 0 Å². The van der Waals surface area contributed by atoms with Gasteiger partial charge >= 0.3 is 0 Å². The number of aryl methyl sites for hydroxylation is 1. The zero-order valence-corrected chi connectivity index (χ0v) is 9.04. The Kier molecular flexibility index (Phi) is 4.12. The van der Waals surface area contributed by atoms with Crippen LogP contribution in [0.1, 0.15) is 17.5 Å². The van der Waals surface area contributed by atoms with E-state index >= 15 is 0 Å². The highest BCUT2D eigenvalue weighted by atomic mass is 16.5. The van der Waals surface area contributed by atoms with Crippen molar-refractivity contribution < 1.29 is 9.53 Å². The molecule has 15 heavy (non-hydrogen) atoms. The fraction of sp³-hybridized carbons (Fsp3) is 0.364. The first-order chi connectivity index (χ1) is 7.15. The minimum absolute atomic E-state index is 0.222. The SMILES string of the molecule is Cc1cccc(OCCC(=O)NN)c1C. The number of hydrogen-bond acceptors (Lipinski definition) is 3. The van der Waals surface area contributed by atoms with Crippen molar-refractivity contribution in [1.29, 1.82) is 0 Å². The van der Waals surface area contributed by atoms with Gasteiger partial charge in [-0.05, 0) is 31.0 Å². The Balaban J connectivity index is 2.51. The summed E-state index contributed by atoms with van der Waals surface area (Å²) in [5, 5.41) is 0. The van der Waals surface area contributed by atoms with Gasteiger partial charge in [0.2, 0.25) is 5.91 Å². The summed E-state index contributed by atoms with van der Waals surface area (Å²) in [7, 11) is 0. The molecule has 82 valence electrons. The molecule has 3 N–H and O–H groups in total. The van der Waals surface area contributed by atoms with Crippen LogP contribution in [-0.2, 0) is 4.79 Å². The zero-order valence-electron chi connectivity index (χ0n) is 9.04. The number of rotatable bonds is 4. The largest absolute Gasteiger partial charge is 0.493 e. The molecular formula is C11H16N2O2. The lowest BCUT2D eigenvalue weighted by Gasteiger charge is -2.10. The fourth-order valence-corrected chi connectivity index (χ4v) is 1.21. The summed E-state index contributed by atoms with van der Waals surface area (Å²) >= 11 is 0. The number of hydrogen-bond donors (Lipinski definition) is 2. The highest BCUT2D eigenvalue weighted by molar-refractivity contribution is 5.75. The van der Waals surface area contributed by atoms with E-state index in [1.165, 1.54) is 5.56 Å². The Hall–Kier alpha value is -1.55.